The number of nitrogens with zero attached hydrogens (tertiary/aromatic N) is 1. The van der Waals surface area contributed by atoms with Crippen LogP contribution in [-0.4, -0.2) is 63.5 Å². The standard InChI is InChI=1S/C10H19F3N2O3/c1-15(4-7-17-6-3-14)9(16)2-5-18-8-10(11,12)13/h2-8,14H2,1H3. The number of amides is 1. The maximum absolute atomic E-state index is 11.7. The second-order valence-electron chi connectivity index (χ2n) is 3.63. The Morgan fingerprint density at radius 2 is 1.89 bits per heavy atom. The molecule has 0 fully saturated rings. The highest BCUT2D eigenvalue weighted by Gasteiger charge is 2.27. The van der Waals surface area contributed by atoms with Gasteiger partial charge in [-0.05, 0) is 0 Å². The summed E-state index contributed by atoms with van der Waals surface area (Å²) in [5.74, 6) is -0.284. The second kappa shape index (κ2) is 9.12. The minimum atomic E-state index is -4.36. The maximum atomic E-state index is 11.7. The van der Waals surface area contributed by atoms with Crippen LogP contribution in [0.4, 0.5) is 13.2 Å². The van der Waals surface area contributed by atoms with Gasteiger partial charge >= 0.3 is 6.18 Å². The zero-order chi connectivity index (χ0) is 14.0. The van der Waals surface area contributed by atoms with E-state index in [4.69, 9.17) is 10.5 Å². The van der Waals surface area contributed by atoms with Crippen molar-refractivity contribution < 1.29 is 27.4 Å². The molecule has 0 aromatic heterocycles. The molecule has 8 heteroatoms. The van der Waals surface area contributed by atoms with Crippen molar-refractivity contribution in [2.45, 2.75) is 12.6 Å². The fraction of sp³-hybridized carbons (Fsp3) is 0.900. The molecule has 0 spiro atoms. The smallest absolute Gasteiger partial charge is 0.378 e. The molecule has 0 saturated heterocycles. The number of hydrogen-bond donors (Lipinski definition) is 1. The number of hydrogen-bond acceptors (Lipinski definition) is 4. The van der Waals surface area contributed by atoms with E-state index in [9.17, 15) is 18.0 Å². The molecule has 0 aliphatic rings. The zero-order valence-corrected chi connectivity index (χ0v) is 10.3. The Morgan fingerprint density at radius 3 is 2.44 bits per heavy atom. The highest BCUT2D eigenvalue weighted by molar-refractivity contribution is 5.75. The third-order valence-corrected chi connectivity index (χ3v) is 1.98. The molecule has 0 atom stereocenters. The first-order valence-corrected chi connectivity index (χ1v) is 5.53. The number of halogens is 3. The molecular formula is C10H19F3N2O3. The molecule has 0 heterocycles. The zero-order valence-electron chi connectivity index (χ0n) is 10.3. The summed E-state index contributed by atoms with van der Waals surface area (Å²) < 4.78 is 44.6. The molecule has 1 amide bonds. The van der Waals surface area contributed by atoms with Crippen molar-refractivity contribution in [1.29, 1.82) is 0 Å². The molecule has 0 aliphatic carbocycles. The summed E-state index contributed by atoms with van der Waals surface area (Å²) in [6.45, 7) is -0.0312. The lowest BCUT2D eigenvalue weighted by Crippen LogP contribution is -2.31. The van der Waals surface area contributed by atoms with E-state index >= 15 is 0 Å². The van der Waals surface area contributed by atoms with Crippen molar-refractivity contribution in [2.75, 3.05) is 46.6 Å². The number of alkyl halides is 3. The van der Waals surface area contributed by atoms with Gasteiger partial charge in [0.05, 0.1) is 26.2 Å². The number of rotatable bonds is 9. The largest absolute Gasteiger partial charge is 0.411 e. The van der Waals surface area contributed by atoms with Crippen molar-refractivity contribution in [3.8, 4) is 0 Å². The van der Waals surface area contributed by atoms with Gasteiger partial charge in [0.15, 0.2) is 0 Å². The first-order chi connectivity index (χ1) is 8.37. The summed E-state index contributed by atoms with van der Waals surface area (Å²) >= 11 is 0. The molecule has 5 nitrogen and oxygen atoms in total. The molecule has 0 aliphatic heterocycles. The Balaban J connectivity index is 3.56. The molecule has 18 heavy (non-hydrogen) atoms. The molecule has 0 bridgehead atoms. The molecular weight excluding hydrogens is 253 g/mol. The van der Waals surface area contributed by atoms with Gasteiger partial charge in [0.2, 0.25) is 5.91 Å². The van der Waals surface area contributed by atoms with Gasteiger partial charge in [-0.3, -0.25) is 4.79 Å². The van der Waals surface area contributed by atoms with E-state index < -0.39 is 12.8 Å². The molecule has 0 saturated carbocycles. The van der Waals surface area contributed by atoms with Crippen LogP contribution in [0.15, 0.2) is 0 Å². The average molecular weight is 272 g/mol. The lowest BCUT2D eigenvalue weighted by molar-refractivity contribution is -0.175. The molecule has 0 radical (unpaired) electrons. The van der Waals surface area contributed by atoms with Crippen LogP contribution in [0.25, 0.3) is 0 Å². The normalized spacial score (nSPS) is 11.6. The Hall–Kier alpha value is -0.860. The van der Waals surface area contributed by atoms with Gasteiger partial charge in [0.25, 0.3) is 0 Å². The van der Waals surface area contributed by atoms with Crippen LogP contribution in [0, 0.1) is 0 Å². The molecule has 108 valence electrons. The summed E-state index contributed by atoms with van der Waals surface area (Å²) in [4.78, 5) is 12.8. The van der Waals surface area contributed by atoms with Crippen LogP contribution in [-0.2, 0) is 14.3 Å². The maximum Gasteiger partial charge on any atom is 0.411 e. The lowest BCUT2D eigenvalue weighted by Gasteiger charge is -2.17. The fourth-order valence-electron chi connectivity index (χ4n) is 1.05. The predicted molar refractivity (Wildman–Crippen MR) is 59.0 cm³/mol. The van der Waals surface area contributed by atoms with E-state index in [1.807, 2.05) is 0 Å². The van der Waals surface area contributed by atoms with Crippen molar-refractivity contribution in [1.82, 2.24) is 4.90 Å². The molecule has 0 rings (SSSR count). The van der Waals surface area contributed by atoms with Gasteiger partial charge in [0.1, 0.15) is 6.61 Å². The Kier molecular flexibility index (Phi) is 8.69. The third-order valence-electron chi connectivity index (χ3n) is 1.98. The van der Waals surface area contributed by atoms with Crippen LogP contribution in [0.2, 0.25) is 0 Å². The van der Waals surface area contributed by atoms with Gasteiger partial charge in [-0.15, -0.1) is 0 Å². The number of nitrogens with two attached hydrogens (primary N) is 1. The highest BCUT2D eigenvalue weighted by Crippen LogP contribution is 2.14. The minimum Gasteiger partial charge on any atom is -0.378 e. The van der Waals surface area contributed by atoms with Crippen molar-refractivity contribution in [3.63, 3.8) is 0 Å². The second-order valence-corrected chi connectivity index (χ2v) is 3.63. The first kappa shape index (κ1) is 17.1. The summed E-state index contributed by atoms with van der Waals surface area (Å²) in [6.07, 6.45) is -4.44. The van der Waals surface area contributed by atoms with E-state index in [1.165, 1.54) is 4.90 Å². The quantitative estimate of drug-likeness (QED) is 0.617. The number of ether oxygens (including phenoxy) is 2. The van der Waals surface area contributed by atoms with Gasteiger partial charge in [0, 0.05) is 20.1 Å². The minimum absolute atomic E-state index is 0.0799. The molecule has 0 aromatic carbocycles. The first-order valence-electron chi connectivity index (χ1n) is 5.53. The Labute approximate surface area is 104 Å². The summed E-state index contributed by atoms with van der Waals surface area (Å²) in [6, 6.07) is 0. The van der Waals surface area contributed by atoms with Crippen LogP contribution < -0.4 is 5.73 Å². The summed E-state index contributed by atoms with van der Waals surface area (Å²) in [5.41, 5.74) is 5.21. The van der Waals surface area contributed by atoms with Crippen molar-refractivity contribution in [2.24, 2.45) is 5.73 Å². The monoisotopic (exact) mass is 272 g/mol. The van der Waals surface area contributed by atoms with Crippen molar-refractivity contribution in [3.05, 3.63) is 0 Å². The van der Waals surface area contributed by atoms with Crippen LogP contribution in [0.3, 0.4) is 0 Å². The predicted octanol–water partition coefficient (Wildman–Crippen LogP) is 0.389. The fourth-order valence-corrected chi connectivity index (χ4v) is 1.05. The number of likely N-dealkylation sites (N-methyl/N-ethyl adjacent to an activating group) is 1. The average Bonchev–Trinajstić information content (AvgIpc) is 2.28. The summed E-state index contributed by atoms with van der Waals surface area (Å²) in [7, 11) is 1.55. The molecule has 0 aromatic rings. The highest BCUT2D eigenvalue weighted by atomic mass is 19.4. The Morgan fingerprint density at radius 1 is 1.22 bits per heavy atom. The lowest BCUT2D eigenvalue weighted by atomic mass is 10.4. The van der Waals surface area contributed by atoms with Crippen molar-refractivity contribution >= 4 is 5.91 Å². The topological polar surface area (TPSA) is 64.8 Å². The van der Waals surface area contributed by atoms with E-state index in [0.717, 1.165) is 0 Å². The van der Waals surface area contributed by atoms with Gasteiger partial charge < -0.3 is 20.1 Å². The van der Waals surface area contributed by atoms with Gasteiger partial charge in [-0.1, -0.05) is 0 Å². The van der Waals surface area contributed by atoms with Crippen LogP contribution in [0.1, 0.15) is 6.42 Å². The number of carbonyl (C=O) groups is 1. The van der Waals surface area contributed by atoms with E-state index in [1.54, 1.807) is 7.05 Å². The van der Waals surface area contributed by atoms with Crippen LogP contribution >= 0.6 is 0 Å². The summed E-state index contributed by atoms with van der Waals surface area (Å²) in [5, 5.41) is 0. The van der Waals surface area contributed by atoms with E-state index in [2.05, 4.69) is 4.74 Å². The molecule has 2 N–H and O–H groups in total. The van der Waals surface area contributed by atoms with Gasteiger partial charge in [-0.2, -0.15) is 13.2 Å². The van der Waals surface area contributed by atoms with Gasteiger partial charge in [-0.25, -0.2) is 0 Å². The van der Waals surface area contributed by atoms with Crippen LogP contribution in [0.5, 0.6) is 0 Å². The Bertz CT molecular complexity index is 237. The SMILES string of the molecule is CN(CCOCCN)C(=O)CCOCC(F)(F)F. The van der Waals surface area contributed by atoms with E-state index in [0.29, 0.717) is 26.3 Å². The van der Waals surface area contributed by atoms with E-state index in [-0.39, 0.29) is 18.9 Å². The third kappa shape index (κ3) is 10.3. The molecule has 0 unspecified atom stereocenters. The number of carbonyl (C=O) groups excluding carboxylic acids is 1.